The number of aromatic nitrogens is 2. The Balaban J connectivity index is 2.39. The van der Waals surface area contributed by atoms with E-state index in [0.29, 0.717) is 18.5 Å². The highest BCUT2D eigenvalue weighted by molar-refractivity contribution is 5.96. The summed E-state index contributed by atoms with van der Waals surface area (Å²) >= 11 is 0. The zero-order valence-electron chi connectivity index (χ0n) is 16.3. The third kappa shape index (κ3) is 4.41. The van der Waals surface area contributed by atoms with E-state index in [4.69, 9.17) is 10.5 Å². The number of methoxy groups -OCH3 is 1. The van der Waals surface area contributed by atoms with E-state index in [1.807, 2.05) is 6.92 Å². The molecule has 0 atom stereocenters. The molecule has 2 rings (SSSR count). The van der Waals surface area contributed by atoms with Gasteiger partial charge in [0.2, 0.25) is 5.91 Å². The number of hydrogen-bond donors (Lipinski definition) is 2. The number of carbonyl (C=O) groups is 1. The van der Waals surface area contributed by atoms with E-state index >= 15 is 0 Å². The second-order valence-electron chi connectivity index (χ2n) is 6.28. The van der Waals surface area contributed by atoms with Gasteiger partial charge in [-0.15, -0.1) is 0 Å². The summed E-state index contributed by atoms with van der Waals surface area (Å²) in [5.41, 5.74) is 5.08. The summed E-state index contributed by atoms with van der Waals surface area (Å²) < 4.78 is 20.0. The van der Waals surface area contributed by atoms with Crippen LogP contribution in [0, 0.1) is 5.82 Å². The number of unbranched alkanes of at least 4 members (excludes halogenated alkanes) is 1. The third-order valence-electron chi connectivity index (χ3n) is 4.41. The van der Waals surface area contributed by atoms with Gasteiger partial charge in [0, 0.05) is 13.1 Å². The highest BCUT2D eigenvalue weighted by atomic mass is 19.1. The lowest BCUT2D eigenvalue weighted by Gasteiger charge is -2.23. The molecule has 0 saturated carbocycles. The number of nitrogens with one attached hydrogen (secondary N) is 1. The molecule has 0 bridgehead atoms. The van der Waals surface area contributed by atoms with E-state index in [2.05, 4.69) is 4.98 Å². The quantitative estimate of drug-likeness (QED) is 0.710. The maximum absolute atomic E-state index is 13.9. The number of nitrogen functional groups attached to an aromatic ring is 1. The van der Waals surface area contributed by atoms with Gasteiger partial charge >= 0.3 is 5.69 Å². The Kier molecular flexibility index (Phi) is 6.97. The molecule has 1 amide bonds. The summed E-state index contributed by atoms with van der Waals surface area (Å²) in [6.07, 6.45) is 1.39. The molecule has 28 heavy (non-hydrogen) atoms. The number of benzene rings is 1. The fourth-order valence-electron chi connectivity index (χ4n) is 2.93. The van der Waals surface area contributed by atoms with Crippen LogP contribution in [0.5, 0.6) is 5.75 Å². The summed E-state index contributed by atoms with van der Waals surface area (Å²) in [7, 11) is 1.35. The molecule has 2 aromatic rings. The maximum Gasteiger partial charge on any atom is 0.330 e. The predicted octanol–water partition coefficient (Wildman–Crippen LogP) is 1.66. The lowest BCUT2D eigenvalue weighted by molar-refractivity contribution is -0.117. The molecular weight excluding hydrogens is 367 g/mol. The molecule has 1 aromatic heterocycles. The van der Waals surface area contributed by atoms with Crippen LogP contribution in [0.3, 0.4) is 0 Å². The number of nitrogens with zero attached hydrogens (tertiary/aromatic N) is 2. The normalized spacial score (nSPS) is 10.7. The Morgan fingerprint density at radius 2 is 2.04 bits per heavy atom. The molecule has 0 saturated heterocycles. The topological polar surface area (TPSA) is 110 Å². The molecule has 9 heteroatoms. The Labute approximate surface area is 161 Å². The Morgan fingerprint density at radius 1 is 1.32 bits per heavy atom. The van der Waals surface area contributed by atoms with Crippen LogP contribution in [0.4, 0.5) is 15.9 Å². The second-order valence-corrected chi connectivity index (χ2v) is 6.28. The Hall–Kier alpha value is -3.10. The van der Waals surface area contributed by atoms with Gasteiger partial charge in [-0.05, 0) is 31.0 Å². The van der Waals surface area contributed by atoms with E-state index < -0.39 is 23.0 Å². The molecule has 8 nitrogen and oxygen atoms in total. The largest absolute Gasteiger partial charge is 0.494 e. The molecule has 0 fully saturated rings. The first-order chi connectivity index (χ1) is 13.3. The van der Waals surface area contributed by atoms with Crippen LogP contribution in [0.25, 0.3) is 0 Å². The number of H-pyrrole nitrogens is 1. The molecule has 0 unspecified atom stereocenters. The molecule has 0 aliphatic heterocycles. The highest BCUT2D eigenvalue weighted by Gasteiger charge is 2.23. The average molecular weight is 392 g/mol. The summed E-state index contributed by atoms with van der Waals surface area (Å²) in [4.78, 5) is 40.6. The van der Waals surface area contributed by atoms with Crippen molar-refractivity contribution in [3.63, 3.8) is 0 Å². The lowest BCUT2D eigenvalue weighted by atomic mass is 10.1. The van der Waals surface area contributed by atoms with Crippen molar-refractivity contribution in [2.45, 2.75) is 39.7 Å². The number of ether oxygens (including phenoxy) is 1. The lowest BCUT2D eigenvalue weighted by Crippen LogP contribution is -2.41. The zero-order chi connectivity index (χ0) is 20.8. The molecule has 1 aromatic carbocycles. The zero-order valence-corrected chi connectivity index (χ0v) is 16.3. The Bertz CT molecular complexity index is 967. The average Bonchev–Trinajstić information content (AvgIpc) is 2.64. The number of carbonyl (C=O) groups excluding carboxylic acids is 1. The van der Waals surface area contributed by atoms with E-state index in [1.165, 1.54) is 28.7 Å². The van der Waals surface area contributed by atoms with Crippen molar-refractivity contribution in [1.82, 2.24) is 9.55 Å². The molecule has 1 heterocycles. The second kappa shape index (κ2) is 9.20. The fourth-order valence-corrected chi connectivity index (χ4v) is 2.93. The van der Waals surface area contributed by atoms with Gasteiger partial charge in [0.25, 0.3) is 5.56 Å². The molecular formula is C19H25FN4O4. The number of likely N-dealkylation sites (N-methyl/N-ethyl adjacent to an activating group) is 1. The maximum atomic E-state index is 13.9. The van der Waals surface area contributed by atoms with Gasteiger partial charge in [0.15, 0.2) is 17.3 Å². The number of anilines is 2. The minimum Gasteiger partial charge on any atom is -0.494 e. The smallest absolute Gasteiger partial charge is 0.330 e. The molecule has 0 radical (unpaired) electrons. The number of aromatic amines is 1. The van der Waals surface area contributed by atoms with Gasteiger partial charge in [-0.2, -0.15) is 0 Å². The van der Waals surface area contributed by atoms with Crippen LogP contribution < -0.4 is 26.6 Å². The number of amides is 1. The molecule has 0 spiro atoms. The van der Waals surface area contributed by atoms with Crippen molar-refractivity contribution in [2.24, 2.45) is 0 Å². The summed E-state index contributed by atoms with van der Waals surface area (Å²) in [5, 5.41) is 0. The number of hydrogen-bond acceptors (Lipinski definition) is 5. The van der Waals surface area contributed by atoms with Crippen molar-refractivity contribution >= 4 is 17.4 Å². The summed E-state index contributed by atoms with van der Waals surface area (Å²) in [6, 6.07) is 4.21. The van der Waals surface area contributed by atoms with Crippen molar-refractivity contribution in [3.8, 4) is 5.75 Å². The first-order valence-electron chi connectivity index (χ1n) is 9.09. The van der Waals surface area contributed by atoms with Crippen LogP contribution in [0.1, 0.15) is 32.3 Å². The van der Waals surface area contributed by atoms with Crippen LogP contribution in [0.2, 0.25) is 0 Å². The van der Waals surface area contributed by atoms with Crippen LogP contribution in [-0.4, -0.2) is 29.1 Å². The molecule has 3 N–H and O–H groups in total. The molecule has 0 aliphatic carbocycles. The molecule has 0 aliphatic rings. The van der Waals surface area contributed by atoms with Gasteiger partial charge < -0.3 is 15.4 Å². The minimum absolute atomic E-state index is 0.0571. The highest BCUT2D eigenvalue weighted by Crippen LogP contribution is 2.21. The summed E-state index contributed by atoms with van der Waals surface area (Å²) in [5.74, 6) is -1.00. The van der Waals surface area contributed by atoms with E-state index in [0.717, 1.165) is 6.42 Å². The van der Waals surface area contributed by atoms with E-state index in [9.17, 15) is 18.8 Å². The predicted molar refractivity (Wildman–Crippen MR) is 105 cm³/mol. The van der Waals surface area contributed by atoms with Gasteiger partial charge in [-0.1, -0.05) is 19.4 Å². The standard InChI is InChI=1S/C19H25FN4O4/c1-4-6-9-24-17(21)16(18(26)22-19(24)27)23(5-2)15(25)11-12-7-8-14(28-3)13(20)10-12/h7-8,10H,4-6,9,11,21H2,1-3H3,(H,22,26,27). The van der Waals surface area contributed by atoms with Gasteiger partial charge in [0.1, 0.15) is 5.82 Å². The fraction of sp³-hybridized carbons (Fsp3) is 0.421. The van der Waals surface area contributed by atoms with Crippen molar-refractivity contribution in [3.05, 3.63) is 50.4 Å². The SMILES string of the molecule is CCCCn1c(N)c(N(CC)C(=O)Cc2ccc(OC)c(F)c2)c(=O)[nH]c1=O. The van der Waals surface area contributed by atoms with Crippen LogP contribution >= 0.6 is 0 Å². The van der Waals surface area contributed by atoms with E-state index in [-0.39, 0.29) is 30.2 Å². The monoisotopic (exact) mass is 392 g/mol. The first kappa shape index (κ1) is 21.2. The Morgan fingerprint density at radius 3 is 2.61 bits per heavy atom. The summed E-state index contributed by atoms with van der Waals surface area (Å²) in [6.45, 7) is 4.15. The minimum atomic E-state index is -0.730. The third-order valence-corrected chi connectivity index (χ3v) is 4.41. The number of nitrogens with two attached hydrogens (primary N) is 1. The van der Waals surface area contributed by atoms with Crippen molar-refractivity contribution in [1.29, 1.82) is 0 Å². The number of halogens is 1. The van der Waals surface area contributed by atoms with Gasteiger partial charge in [-0.3, -0.25) is 19.1 Å². The van der Waals surface area contributed by atoms with Crippen LogP contribution in [0.15, 0.2) is 27.8 Å². The van der Waals surface area contributed by atoms with Gasteiger partial charge in [0.05, 0.1) is 13.5 Å². The van der Waals surface area contributed by atoms with E-state index in [1.54, 1.807) is 13.0 Å². The first-order valence-corrected chi connectivity index (χ1v) is 9.09. The van der Waals surface area contributed by atoms with Crippen LogP contribution in [-0.2, 0) is 17.8 Å². The van der Waals surface area contributed by atoms with Gasteiger partial charge in [-0.25, -0.2) is 9.18 Å². The van der Waals surface area contributed by atoms with Crippen molar-refractivity contribution < 1.29 is 13.9 Å². The van der Waals surface area contributed by atoms with Crippen molar-refractivity contribution in [2.75, 3.05) is 24.3 Å². The molecule has 152 valence electrons. The number of rotatable bonds is 8.